The van der Waals surface area contributed by atoms with Gasteiger partial charge in [-0.15, -0.1) is 0 Å². The first-order chi connectivity index (χ1) is 9.15. The molecule has 0 unspecified atom stereocenters. The molecule has 5 heteroatoms. The minimum Gasteiger partial charge on any atom is -0.403 e. The summed E-state index contributed by atoms with van der Waals surface area (Å²) in [7, 11) is 0. The van der Waals surface area contributed by atoms with E-state index in [9.17, 15) is 4.79 Å². The first-order valence-electron chi connectivity index (χ1n) is 5.50. The van der Waals surface area contributed by atoms with Gasteiger partial charge in [0.2, 0.25) is 5.89 Å². The van der Waals surface area contributed by atoms with E-state index in [1.807, 2.05) is 18.2 Å². The SMILES string of the molecule is O=c1oc(-c2ccccc2Cl)nc2ccc(I)cc12. The molecule has 0 atom stereocenters. The van der Waals surface area contributed by atoms with Gasteiger partial charge in [-0.1, -0.05) is 23.7 Å². The number of hydrogen-bond acceptors (Lipinski definition) is 3. The lowest BCUT2D eigenvalue weighted by molar-refractivity contribution is 0.518. The average Bonchev–Trinajstić information content (AvgIpc) is 2.40. The number of benzene rings is 2. The summed E-state index contributed by atoms with van der Waals surface area (Å²) in [5.41, 5.74) is 0.812. The monoisotopic (exact) mass is 383 g/mol. The second kappa shape index (κ2) is 4.94. The van der Waals surface area contributed by atoms with Crippen molar-refractivity contribution in [1.82, 2.24) is 4.98 Å². The van der Waals surface area contributed by atoms with Crippen LogP contribution in [0.25, 0.3) is 22.4 Å². The largest absolute Gasteiger partial charge is 0.403 e. The van der Waals surface area contributed by atoms with E-state index in [0.717, 1.165) is 3.57 Å². The average molecular weight is 384 g/mol. The molecule has 0 fully saturated rings. The fraction of sp³-hybridized carbons (Fsp3) is 0. The molecular weight excluding hydrogens is 377 g/mol. The third kappa shape index (κ3) is 2.37. The van der Waals surface area contributed by atoms with Gasteiger partial charge in [0.1, 0.15) is 0 Å². The highest BCUT2D eigenvalue weighted by Gasteiger charge is 2.11. The van der Waals surface area contributed by atoms with Crippen molar-refractivity contribution in [2.24, 2.45) is 0 Å². The van der Waals surface area contributed by atoms with Gasteiger partial charge in [0.25, 0.3) is 0 Å². The Morgan fingerprint density at radius 2 is 1.95 bits per heavy atom. The van der Waals surface area contributed by atoms with Crippen LogP contribution in [0.5, 0.6) is 0 Å². The van der Waals surface area contributed by atoms with Crippen LogP contribution in [0.2, 0.25) is 5.02 Å². The van der Waals surface area contributed by atoms with Gasteiger partial charge in [-0.05, 0) is 52.9 Å². The zero-order chi connectivity index (χ0) is 13.4. The van der Waals surface area contributed by atoms with E-state index in [1.54, 1.807) is 24.3 Å². The van der Waals surface area contributed by atoms with Crippen LogP contribution >= 0.6 is 34.2 Å². The summed E-state index contributed by atoms with van der Waals surface area (Å²) < 4.78 is 6.22. The number of rotatable bonds is 1. The molecular formula is C14H7ClINO2. The van der Waals surface area contributed by atoms with Crippen LogP contribution in [0.4, 0.5) is 0 Å². The van der Waals surface area contributed by atoms with Gasteiger partial charge in [0.15, 0.2) is 0 Å². The van der Waals surface area contributed by atoms with Crippen molar-refractivity contribution in [3.05, 3.63) is 61.5 Å². The normalized spacial score (nSPS) is 10.8. The molecule has 0 aliphatic rings. The van der Waals surface area contributed by atoms with Crippen molar-refractivity contribution >= 4 is 45.1 Å². The summed E-state index contributed by atoms with van der Waals surface area (Å²) in [5.74, 6) is 0.240. The third-order valence-electron chi connectivity index (χ3n) is 2.69. The van der Waals surface area contributed by atoms with E-state index in [-0.39, 0.29) is 5.89 Å². The first kappa shape index (κ1) is 12.6. The molecule has 94 valence electrons. The summed E-state index contributed by atoms with van der Waals surface area (Å²) in [4.78, 5) is 16.3. The van der Waals surface area contributed by atoms with Gasteiger partial charge in [-0.25, -0.2) is 9.78 Å². The number of nitrogens with zero attached hydrogens (tertiary/aromatic N) is 1. The van der Waals surface area contributed by atoms with Gasteiger partial charge in [0.05, 0.1) is 21.5 Å². The molecule has 0 radical (unpaired) electrons. The molecule has 3 aromatic rings. The Morgan fingerprint density at radius 1 is 1.16 bits per heavy atom. The molecule has 0 amide bonds. The predicted molar refractivity (Wildman–Crippen MR) is 83.4 cm³/mol. The van der Waals surface area contributed by atoms with E-state index < -0.39 is 5.63 Å². The lowest BCUT2D eigenvalue weighted by Gasteiger charge is -2.03. The van der Waals surface area contributed by atoms with Crippen LogP contribution in [0.15, 0.2) is 51.7 Å². The molecule has 3 nitrogen and oxygen atoms in total. The van der Waals surface area contributed by atoms with Crippen molar-refractivity contribution in [2.45, 2.75) is 0 Å². The van der Waals surface area contributed by atoms with Gasteiger partial charge >= 0.3 is 5.63 Å². The van der Waals surface area contributed by atoms with Crippen LogP contribution in [0.1, 0.15) is 0 Å². The van der Waals surface area contributed by atoms with Gasteiger partial charge in [-0.2, -0.15) is 0 Å². The fourth-order valence-electron chi connectivity index (χ4n) is 1.79. The summed E-state index contributed by atoms with van der Waals surface area (Å²) in [6.45, 7) is 0. The standard InChI is InChI=1S/C14H7ClINO2/c15-11-4-2-1-3-9(11)13-17-12-6-5-8(16)7-10(12)14(18)19-13/h1-7H. The zero-order valence-electron chi connectivity index (χ0n) is 9.56. The van der Waals surface area contributed by atoms with Gasteiger partial charge in [-0.3, -0.25) is 0 Å². The van der Waals surface area contributed by atoms with Crippen molar-refractivity contribution in [3.63, 3.8) is 0 Å². The van der Waals surface area contributed by atoms with Crippen LogP contribution in [-0.2, 0) is 0 Å². The zero-order valence-corrected chi connectivity index (χ0v) is 12.5. The summed E-state index contributed by atoms with van der Waals surface area (Å²) >= 11 is 8.22. The molecule has 0 N–H and O–H groups in total. The van der Waals surface area contributed by atoms with Crippen LogP contribution in [0, 0.1) is 3.57 Å². The maximum Gasteiger partial charge on any atom is 0.347 e. The smallest absolute Gasteiger partial charge is 0.347 e. The predicted octanol–water partition coefficient (Wildman–Crippen LogP) is 4.11. The molecule has 1 heterocycles. The summed E-state index contributed by atoms with van der Waals surface area (Å²) in [5, 5.41) is 0.978. The second-order valence-corrected chi connectivity index (χ2v) is 5.60. The Morgan fingerprint density at radius 3 is 2.74 bits per heavy atom. The van der Waals surface area contributed by atoms with Gasteiger partial charge in [0, 0.05) is 3.57 Å². The molecule has 19 heavy (non-hydrogen) atoms. The number of halogens is 2. The lowest BCUT2D eigenvalue weighted by Crippen LogP contribution is -2.03. The Balaban J connectivity index is 2.31. The minimum absolute atomic E-state index is 0.240. The van der Waals surface area contributed by atoms with Crippen molar-refractivity contribution < 1.29 is 4.42 Å². The Labute approximate surface area is 127 Å². The van der Waals surface area contributed by atoms with E-state index in [2.05, 4.69) is 27.6 Å². The maximum absolute atomic E-state index is 12.0. The lowest BCUT2D eigenvalue weighted by atomic mass is 10.2. The third-order valence-corrected chi connectivity index (χ3v) is 3.69. The molecule has 2 aromatic carbocycles. The molecule has 0 bridgehead atoms. The highest BCUT2D eigenvalue weighted by molar-refractivity contribution is 14.1. The molecule has 1 aromatic heterocycles. The maximum atomic E-state index is 12.0. The molecule has 0 aliphatic heterocycles. The fourth-order valence-corrected chi connectivity index (χ4v) is 2.50. The molecule has 0 saturated carbocycles. The van der Waals surface area contributed by atoms with Gasteiger partial charge < -0.3 is 4.42 Å². The number of aromatic nitrogens is 1. The second-order valence-electron chi connectivity index (χ2n) is 3.95. The van der Waals surface area contributed by atoms with Crippen molar-refractivity contribution in [2.75, 3.05) is 0 Å². The quantitative estimate of drug-likeness (QED) is 0.594. The summed E-state index contributed by atoms with van der Waals surface area (Å²) in [6, 6.07) is 12.6. The highest BCUT2D eigenvalue weighted by atomic mass is 127. The van der Waals surface area contributed by atoms with E-state index in [0.29, 0.717) is 21.5 Å². The van der Waals surface area contributed by atoms with Crippen molar-refractivity contribution in [1.29, 1.82) is 0 Å². The minimum atomic E-state index is -0.404. The summed E-state index contributed by atoms with van der Waals surface area (Å²) in [6.07, 6.45) is 0. The molecule has 3 rings (SSSR count). The van der Waals surface area contributed by atoms with Crippen molar-refractivity contribution in [3.8, 4) is 11.5 Å². The Kier molecular flexibility index (Phi) is 3.28. The van der Waals surface area contributed by atoms with E-state index in [1.165, 1.54) is 0 Å². The van der Waals surface area contributed by atoms with E-state index in [4.69, 9.17) is 16.0 Å². The van der Waals surface area contributed by atoms with Crippen LogP contribution in [-0.4, -0.2) is 4.98 Å². The Bertz CT molecular complexity index is 829. The topological polar surface area (TPSA) is 43.1 Å². The van der Waals surface area contributed by atoms with Crippen LogP contribution < -0.4 is 5.63 Å². The highest BCUT2D eigenvalue weighted by Crippen LogP contribution is 2.26. The molecule has 0 saturated heterocycles. The molecule has 0 spiro atoms. The molecule has 0 aliphatic carbocycles. The van der Waals surface area contributed by atoms with E-state index >= 15 is 0 Å². The number of fused-ring (bicyclic) bond motifs is 1. The van der Waals surface area contributed by atoms with Crippen LogP contribution in [0.3, 0.4) is 0 Å². The number of hydrogen-bond donors (Lipinski definition) is 0. The first-order valence-corrected chi connectivity index (χ1v) is 6.96. The Hall–Kier alpha value is -1.40.